The number of nitrogens with zero attached hydrogens (tertiary/aromatic N) is 1. The average molecular weight is 423 g/mol. The Labute approximate surface area is 185 Å². The normalized spacial score (nSPS) is 30.9. The Hall–Kier alpha value is -3.60. The van der Waals surface area contributed by atoms with E-state index in [1.807, 2.05) is 24.3 Å². The summed E-state index contributed by atoms with van der Waals surface area (Å²) in [7, 11) is 0. The molecule has 2 unspecified atom stereocenters. The highest BCUT2D eigenvalue weighted by atomic mass is 16.7. The Morgan fingerprint density at radius 2 is 1.19 bits per heavy atom. The molecule has 158 valence electrons. The van der Waals surface area contributed by atoms with E-state index in [-0.39, 0.29) is 18.6 Å². The molecule has 0 N–H and O–H groups in total. The van der Waals surface area contributed by atoms with Gasteiger partial charge in [-0.25, -0.2) is 4.90 Å². The highest BCUT2D eigenvalue weighted by molar-refractivity contribution is 6.24. The van der Waals surface area contributed by atoms with Crippen LogP contribution in [0.2, 0.25) is 0 Å². The zero-order valence-electron chi connectivity index (χ0n) is 17.8. The lowest BCUT2D eigenvalue weighted by molar-refractivity contribution is -0.124. The summed E-state index contributed by atoms with van der Waals surface area (Å²) in [5.74, 6) is -0.0207. The maximum atomic E-state index is 14.0. The van der Waals surface area contributed by atoms with Crippen LogP contribution in [0.5, 0.6) is 11.5 Å². The number of rotatable bonds is 1. The quantitative estimate of drug-likeness (QED) is 0.552. The summed E-state index contributed by atoms with van der Waals surface area (Å²) < 4.78 is 10.9. The highest BCUT2D eigenvalue weighted by Crippen LogP contribution is 2.66. The smallest absolute Gasteiger partial charge is 0.238 e. The first-order valence-corrected chi connectivity index (χ1v) is 10.9. The van der Waals surface area contributed by atoms with Gasteiger partial charge in [-0.05, 0) is 34.4 Å². The minimum atomic E-state index is -0.576. The molecule has 2 heterocycles. The molecule has 5 aliphatic rings. The lowest BCUT2D eigenvalue weighted by Gasteiger charge is -2.57. The van der Waals surface area contributed by atoms with Crippen molar-refractivity contribution in [3.8, 4) is 11.5 Å². The first kappa shape index (κ1) is 18.0. The molecule has 8 rings (SSSR count). The number of hydrogen-bond acceptors (Lipinski definition) is 4. The summed E-state index contributed by atoms with van der Waals surface area (Å²) in [5.41, 5.74) is 3.99. The first-order valence-electron chi connectivity index (χ1n) is 10.9. The standard InChI is InChI=1S/C27H21NO4/c1-26-16-7-3-5-9-18(16)27(2,19-10-6-4-8-17(19)26)23-22(26)24(29)28(25(23)30)15-11-12-20-21(13-15)32-14-31-20/h3-13,22-23H,14H2,1-2H3. The van der Waals surface area contributed by atoms with Crippen LogP contribution in [0.25, 0.3) is 0 Å². The van der Waals surface area contributed by atoms with Gasteiger partial charge < -0.3 is 9.47 Å². The Morgan fingerprint density at radius 3 is 1.69 bits per heavy atom. The minimum absolute atomic E-state index is 0.142. The molecule has 0 spiro atoms. The van der Waals surface area contributed by atoms with Gasteiger partial charge in [0.2, 0.25) is 18.6 Å². The van der Waals surface area contributed by atoms with Crippen molar-refractivity contribution in [1.82, 2.24) is 0 Å². The molecule has 0 aromatic heterocycles. The van der Waals surface area contributed by atoms with Crippen molar-refractivity contribution in [3.05, 3.63) is 89.0 Å². The number of imide groups is 1. The van der Waals surface area contributed by atoms with Crippen LogP contribution in [0.4, 0.5) is 5.69 Å². The number of amides is 2. The fraction of sp³-hybridized carbons (Fsp3) is 0.259. The summed E-state index contributed by atoms with van der Waals surface area (Å²) in [6.07, 6.45) is 0. The minimum Gasteiger partial charge on any atom is -0.454 e. The van der Waals surface area contributed by atoms with E-state index in [1.165, 1.54) is 4.90 Å². The van der Waals surface area contributed by atoms with Crippen LogP contribution >= 0.6 is 0 Å². The van der Waals surface area contributed by atoms with Crippen molar-refractivity contribution in [2.75, 3.05) is 11.7 Å². The van der Waals surface area contributed by atoms with Gasteiger partial charge in [-0.15, -0.1) is 0 Å². The molecular weight excluding hydrogens is 402 g/mol. The Kier molecular flexibility index (Phi) is 3.15. The van der Waals surface area contributed by atoms with Gasteiger partial charge in [-0.2, -0.15) is 0 Å². The maximum absolute atomic E-state index is 14.0. The van der Waals surface area contributed by atoms with Crippen molar-refractivity contribution in [2.24, 2.45) is 11.8 Å². The summed E-state index contributed by atoms with van der Waals surface area (Å²) in [6, 6.07) is 21.9. The molecule has 1 fully saturated rings. The second kappa shape index (κ2) is 5.60. The zero-order chi connectivity index (χ0) is 21.8. The zero-order valence-corrected chi connectivity index (χ0v) is 17.8. The van der Waals surface area contributed by atoms with E-state index in [4.69, 9.17) is 9.47 Å². The van der Waals surface area contributed by atoms with Crippen LogP contribution < -0.4 is 14.4 Å². The van der Waals surface area contributed by atoms with Crippen LogP contribution in [-0.4, -0.2) is 18.6 Å². The summed E-state index contributed by atoms with van der Waals surface area (Å²) in [6.45, 7) is 4.41. The third-order valence-corrected chi connectivity index (χ3v) is 8.26. The van der Waals surface area contributed by atoms with E-state index in [0.29, 0.717) is 17.2 Å². The van der Waals surface area contributed by atoms with Crippen LogP contribution in [0, 0.1) is 11.8 Å². The average Bonchev–Trinajstić information content (AvgIpc) is 3.39. The molecule has 3 aromatic rings. The fourth-order valence-corrected chi connectivity index (χ4v) is 6.85. The molecule has 2 amide bonds. The first-order chi connectivity index (χ1) is 15.5. The van der Waals surface area contributed by atoms with Crippen LogP contribution in [0.1, 0.15) is 36.1 Å². The molecule has 0 saturated carbocycles. The van der Waals surface area contributed by atoms with Crippen LogP contribution in [0.3, 0.4) is 0 Å². The predicted octanol–water partition coefficient (Wildman–Crippen LogP) is 4.16. The van der Waals surface area contributed by atoms with Crippen molar-refractivity contribution in [3.63, 3.8) is 0 Å². The maximum Gasteiger partial charge on any atom is 0.238 e. The lowest BCUT2D eigenvalue weighted by Crippen LogP contribution is -2.59. The van der Waals surface area contributed by atoms with Gasteiger partial charge in [0.1, 0.15) is 0 Å². The van der Waals surface area contributed by atoms with Gasteiger partial charge in [0.25, 0.3) is 0 Å². The molecule has 2 atom stereocenters. The lowest BCUT2D eigenvalue weighted by atomic mass is 9.42. The number of anilines is 1. The van der Waals surface area contributed by atoms with E-state index >= 15 is 0 Å². The van der Waals surface area contributed by atoms with E-state index in [9.17, 15) is 9.59 Å². The summed E-state index contributed by atoms with van der Waals surface area (Å²) in [5, 5.41) is 0. The number of ether oxygens (including phenoxy) is 2. The van der Waals surface area contributed by atoms with Crippen LogP contribution in [0.15, 0.2) is 66.7 Å². The number of carbonyl (C=O) groups excluding carboxylic acids is 2. The molecule has 3 aliphatic carbocycles. The van der Waals surface area contributed by atoms with Gasteiger partial charge in [-0.3, -0.25) is 9.59 Å². The largest absolute Gasteiger partial charge is 0.454 e. The van der Waals surface area contributed by atoms with Gasteiger partial charge in [-0.1, -0.05) is 62.4 Å². The third-order valence-electron chi connectivity index (χ3n) is 8.26. The fourth-order valence-electron chi connectivity index (χ4n) is 6.85. The van der Waals surface area contributed by atoms with E-state index in [1.54, 1.807) is 18.2 Å². The molecule has 5 heteroatoms. The van der Waals surface area contributed by atoms with Crippen molar-refractivity contribution in [1.29, 1.82) is 0 Å². The van der Waals surface area contributed by atoms with Crippen molar-refractivity contribution >= 4 is 17.5 Å². The van der Waals surface area contributed by atoms with E-state index < -0.39 is 22.7 Å². The number of carbonyl (C=O) groups is 2. The molecule has 32 heavy (non-hydrogen) atoms. The van der Waals surface area contributed by atoms with Gasteiger partial charge in [0, 0.05) is 16.9 Å². The van der Waals surface area contributed by atoms with Crippen molar-refractivity contribution in [2.45, 2.75) is 24.7 Å². The SMILES string of the molecule is CC12c3ccccc3C(C)(c3ccccc31)C1C(=O)N(c3ccc4c(c3)OCO4)C(=O)C12. The second-order valence-corrected chi connectivity index (χ2v) is 9.50. The molecule has 0 radical (unpaired) electrons. The third kappa shape index (κ3) is 1.80. The topological polar surface area (TPSA) is 55.8 Å². The molecule has 2 bridgehead atoms. The van der Waals surface area contributed by atoms with Gasteiger partial charge >= 0.3 is 0 Å². The Bertz CT molecular complexity index is 1240. The van der Waals surface area contributed by atoms with E-state index in [2.05, 4.69) is 38.1 Å². The molecule has 3 aromatic carbocycles. The summed E-state index contributed by atoms with van der Waals surface area (Å²) in [4.78, 5) is 29.5. The Balaban J connectivity index is 1.49. The molecule has 1 saturated heterocycles. The van der Waals surface area contributed by atoms with Crippen LogP contribution in [-0.2, 0) is 20.4 Å². The predicted molar refractivity (Wildman–Crippen MR) is 118 cm³/mol. The van der Waals surface area contributed by atoms with Crippen molar-refractivity contribution < 1.29 is 19.1 Å². The number of benzene rings is 3. The summed E-state index contributed by atoms with van der Waals surface area (Å²) >= 11 is 0. The number of hydrogen-bond donors (Lipinski definition) is 0. The molecular formula is C27H21NO4. The van der Waals surface area contributed by atoms with E-state index in [0.717, 1.165) is 22.3 Å². The van der Waals surface area contributed by atoms with Gasteiger partial charge in [0.15, 0.2) is 11.5 Å². The molecule has 2 aliphatic heterocycles. The monoisotopic (exact) mass is 423 g/mol. The Morgan fingerprint density at radius 1 is 0.719 bits per heavy atom. The highest BCUT2D eigenvalue weighted by Gasteiger charge is 2.70. The molecule has 5 nitrogen and oxygen atoms in total. The van der Waals surface area contributed by atoms with Gasteiger partial charge in [0.05, 0.1) is 17.5 Å². The number of fused-ring (bicyclic) bond motifs is 1. The second-order valence-electron chi connectivity index (χ2n) is 9.50.